The average Bonchev–Trinajstić information content (AvgIpc) is 3.02. The number of carbonyl (C=O) groups excluding carboxylic acids is 1. The van der Waals surface area contributed by atoms with Gasteiger partial charge in [0.25, 0.3) is 0 Å². The zero-order valence-corrected chi connectivity index (χ0v) is 21.9. The zero-order valence-electron chi connectivity index (χ0n) is 21.9. The summed E-state index contributed by atoms with van der Waals surface area (Å²) < 4.78 is 0. The lowest BCUT2D eigenvalue weighted by molar-refractivity contribution is -0.120. The Morgan fingerprint density at radius 1 is 0.692 bits per heavy atom. The maximum atomic E-state index is 13.1. The highest BCUT2D eigenvalue weighted by molar-refractivity contribution is 5.92. The Balaban J connectivity index is 1.01. The van der Waals surface area contributed by atoms with Crippen molar-refractivity contribution in [3.63, 3.8) is 0 Å². The lowest BCUT2D eigenvalue weighted by Gasteiger charge is -2.36. The van der Waals surface area contributed by atoms with E-state index in [2.05, 4.69) is 64.4 Å². The van der Waals surface area contributed by atoms with Crippen molar-refractivity contribution in [2.24, 2.45) is 5.92 Å². The third kappa shape index (κ3) is 5.82. The number of amides is 1. The summed E-state index contributed by atoms with van der Waals surface area (Å²) in [7, 11) is 0. The number of nitrogens with zero attached hydrogens (tertiary/aromatic N) is 7. The molecule has 0 unspecified atom stereocenters. The van der Waals surface area contributed by atoms with E-state index in [0.717, 1.165) is 75.0 Å². The first-order chi connectivity index (χ1) is 19.2. The highest BCUT2D eigenvalue weighted by atomic mass is 16.2. The lowest BCUT2D eigenvalue weighted by atomic mass is 9.96. The SMILES string of the molecule is O=C(Nc1cc(N2CCN(c3ccccc3)CC2)ncn1)C1CCN(c2ccc(-c3ccccc3)nn2)CC1. The van der Waals surface area contributed by atoms with Crippen molar-refractivity contribution in [3.8, 4) is 11.3 Å². The van der Waals surface area contributed by atoms with Crippen LogP contribution in [0.5, 0.6) is 0 Å². The van der Waals surface area contributed by atoms with Crippen molar-refractivity contribution in [1.29, 1.82) is 0 Å². The number of para-hydroxylation sites is 1. The van der Waals surface area contributed by atoms with Gasteiger partial charge in [-0.2, -0.15) is 0 Å². The molecule has 2 aromatic carbocycles. The topological polar surface area (TPSA) is 90.4 Å². The molecule has 2 aliphatic heterocycles. The number of rotatable bonds is 6. The van der Waals surface area contributed by atoms with E-state index < -0.39 is 0 Å². The number of piperazine rings is 1. The van der Waals surface area contributed by atoms with Gasteiger partial charge in [0.15, 0.2) is 5.82 Å². The summed E-state index contributed by atoms with van der Waals surface area (Å²) in [5, 5.41) is 11.9. The summed E-state index contributed by atoms with van der Waals surface area (Å²) in [6.07, 6.45) is 3.05. The zero-order chi connectivity index (χ0) is 26.4. The molecule has 2 aliphatic rings. The van der Waals surface area contributed by atoms with Crippen LogP contribution in [0.25, 0.3) is 11.3 Å². The van der Waals surface area contributed by atoms with Gasteiger partial charge in [0.1, 0.15) is 18.0 Å². The fourth-order valence-corrected chi connectivity index (χ4v) is 5.28. The second-order valence-corrected chi connectivity index (χ2v) is 9.96. The number of hydrogen-bond donors (Lipinski definition) is 1. The lowest BCUT2D eigenvalue weighted by Crippen LogP contribution is -2.46. The molecule has 0 spiro atoms. The van der Waals surface area contributed by atoms with E-state index in [1.165, 1.54) is 12.0 Å². The number of piperidine rings is 1. The molecule has 2 saturated heterocycles. The molecular formula is C30H32N8O. The molecule has 2 fully saturated rings. The Morgan fingerprint density at radius 2 is 1.36 bits per heavy atom. The molecule has 1 N–H and O–H groups in total. The van der Waals surface area contributed by atoms with Gasteiger partial charge >= 0.3 is 0 Å². The minimum Gasteiger partial charge on any atom is -0.368 e. The van der Waals surface area contributed by atoms with Crippen LogP contribution in [0.15, 0.2) is 85.2 Å². The van der Waals surface area contributed by atoms with Crippen LogP contribution in [-0.2, 0) is 4.79 Å². The van der Waals surface area contributed by atoms with Crippen LogP contribution in [-0.4, -0.2) is 65.3 Å². The molecular weight excluding hydrogens is 488 g/mol. The van der Waals surface area contributed by atoms with Gasteiger partial charge in [0.2, 0.25) is 5.91 Å². The van der Waals surface area contributed by atoms with Gasteiger partial charge in [-0.1, -0.05) is 48.5 Å². The van der Waals surface area contributed by atoms with Crippen LogP contribution >= 0.6 is 0 Å². The van der Waals surface area contributed by atoms with Gasteiger partial charge in [-0.3, -0.25) is 4.79 Å². The second kappa shape index (κ2) is 11.5. The first-order valence-electron chi connectivity index (χ1n) is 13.5. The number of aromatic nitrogens is 4. The molecule has 0 radical (unpaired) electrons. The Labute approximate surface area is 228 Å². The summed E-state index contributed by atoms with van der Waals surface area (Å²) in [5.74, 6) is 2.20. The number of benzene rings is 2. The maximum absolute atomic E-state index is 13.1. The van der Waals surface area contributed by atoms with Gasteiger partial charge in [0, 0.05) is 62.5 Å². The highest BCUT2D eigenvalue weighted by Gasteiger charge is 2.26. The van der Waals surface area contributed by atoms with E-state index in [-0.39, 0.29) is 11.8 Å². The van der Waals surface area contributed by atoms with Crippen molar-refractivity contribution in [3.05, 3.63) is 85.2 Å². The molecule has 9 heteroatoms. The molecule has 4 aromatic rings. The van der Waals surface area contributed by atoms with Gasteiger partial charge < -0.3 is 20.0 Å². The third-order valence-corrected chi connectivity index (χ3v) is 7.54. The van der Waals surface area contributed by atoms with Crippen LogP contribution < -0.4 is 20.0 Å². The summed E-state index contributed by atoms with van der Waals surface area (Å²) in [6.45, 7) is 5.11. The van der Waals surface area contributed by atoms with E-state index in [1.807, 2.05) is 54.6 Å². The molecule has 198 valence electrons. The molecule has 4 heterocycles. The van der Waals surface area contributed by atoms with E-state index >= 15 is 0 Å². The first-order valence-corrected chi connectivity index (χ1v) is 13.5. The number of anilines is 4. The molecule has 2 aromatic heterocycles. The molecule has 6 rings (SSSR count). The Morgan fingerprint density at radius 3 is 2.05 bits per heavy atom. The minimum atomic E-state index is -0.0642. The van der Waals surface area contributed by atoms with Crippen LogP contribution in [0, 0.1) is 5.92 Å². The quantitative estimate of drug-likeness (QED) is 0.406. The predicted molar refractivity (Wildman–Crippen MR) is 154 cm³/mol. The Bertz CT molecular complexity index is 1370. The summed E-state index contributed by atoms with van der Waals surface area (Å²) >= 11 is 0. The van der Waals surface area contributed by atoms with Crippen molar-refractivity contribution in [2.45, 2.75) is 12.8 Å². The van der Waals surface area contributed by atoms with Crippen LogP contribution in [0.2, 0.25) is 0 Å². The normalized spacial score (nSPS) is 16.3. The third-order valence-electron chi connectivity index (χ3n) is 7.54. The minimum absolute atomic E-state index is 0.0127. The Hall–Kier alpha value is -4.53. The largest absolute Gasteiger partial charge is 0.368 e. The van der Waals surface area contributed by atoms with E-state index in [9.17, 15) is 4.79 Å². The molecule has 9 nitrogen and oxygen atoms in total. The molecule has 0 atom stereocenters. The van der Waals surface area contributed by atoms with Gasteiger partial charge in [-0.15, -0.1) is 10.2 Å². The first kappa shape index (κ1) is 24.8. The van der Waals surface area contributed by atoms with E-state index in [4.69, 9.17) is 0 Å². The van der Waals surface area contributed by atoms with Gasteiger partial charge in [0.05, 0.1) is 5.69 Å². The van der Waals surface area contributed by atoms with Gasteiger partial charge in [-0.25, -0.2) is 9.97 Å². The van der Waals surface area contributed by atoms with Crippen molar-refractivity contribution in [2.75, 3.05) is 59.3 Å². The fraction of sp³-hybridized carbons (Fsp3) is 0.300. The van der Waals surface area contributed by atoms with Gasteiger partial charge in [-0.05, 0) is 37.1 Å². The second-order valence-electron chi connectivity index (χ2n) is 9.96. The molecule has 39 heavy (non-hydrogen) atoms. The van der Waals surface area contributed by atoms with E-state index in [1.54, 1.807) is 0 Å². The van der Waals surface area contributed by atoms with Crippen LogP contribution in [0.4, 0.5) is 23.1 Å². The van der Waals surface area contributed by atoms with Crippen molar-refractivity contribution in [1.82, 2.24) is 20.2 Å². The molecule has 0 saturated carbocycles. The molecule has 1 amide bonds. The summed E-state index contributed by atoms with van der Waals surface area (Å²) in [4.78, 5) is 28.7. The monoisotopic (exact) mass is 520 g/mol. The van der Waals surface area contributed by atoms with Crippen molar-refractivity contribution < 1.29 is 4.79 Å². The fourth-order valence-electron chi connectivity index (χ4n) is 5.28. The maximum Gasteiger partial charge on any atom is 0.228 e. The standard InChI is InChI=1S/C30H32N8O/c39-30(24-13-15-37(16-14-24)28-12-11-26(34-35-28)23-7-3-1-4-8-23)33-27-21-29(32-22-31-27)38-19-17-36(18-20-38)25-9-5-2-6-10-25/h1-12,21-22,24H,13-20H2,(H,31,32,33,39). The Kier molecular flexibility index (Phi) is 7.29. The van der Waals surface area contributed by atoms with E-state index in [0.29, 0.717) is 5.82 Å². The highest BCUT2D eigenvalue weighted by Crippen LogP contribution is 2.25. The molecule has 0 bridgehead atoms. The van der Waals surface area contributed by atoms with Crippen LogP contribution in [0.3, 0.4) is 0 Å². The summed E-state index contributed by atoms with van der Waals surface area (Å²) in [5.41, 5.74) is 3.15. The average molecular weight is 521 g/mol. The summed E-state index contributed by atoms with van der Waals surface area (Å²) in [6, 6.07) is 26.4. The predicted octanol–water partition coefficient (Wildman–Crippen LogP) is 4.12. The molecule has 0 aliphatic carbocycles. The number of hydrogen-bond acceptors (Lipinski definition) is 8. The number of carbonyl (C=O) groups is 1. The smallest absolute Gasteiger partial charge is 0.228 e. The van der Waals surface area contributed by atoms with Crippen molar-refractivity contribution >= 4 is 29.0 Å². The number of nitrogens with one attached hydrogen (secondary N) is 1. The van der Waals surface area contributed by atoms with Crippen LogP contribution in [0.1, 0.15) is 12.8 Å².